The largest absolute Gasteiger partial charge is 0.507 e. The molecule has 0 radical (unpaired) electrons. The van der Waals surface area contributed by atoms with Gasteiger partial charge in [-0.25, -0.2) is 0 Å². The van der Waals surface area contributed by atoms with Gasteiger partial charge in [0, 0.05) is 10.6 Å². The normalized spacial score (nSPS) is 10.3. The van der Waals surface area contributed by atoms with E-state index in [4.69, 9.17) is 0 Å². The highest BCUT2D eigenvalue weighted by Gasteiger charge is 2.02. The number of aldehydes is 1. The number of hydrogen-bond acceptors (Lipinski definition) is 3. The summed E-state index contributed by atoms with van der Waals surface area (Å²) >= 11 is 1.71. The molecular formula is C15H14O2S. The molecule has 1 N–H and O–H groups in total. The Labute approximate surface area is 111 Å². The Morgan fingerprint density at radius 2 is 1.89 bits per heavy atom. The van der Waals surface area contributed by atoms with Crippen LogP contribution in [0.1, 0.15) is 21.5 Å². The number of rotatable bonds is 4. The monoisotopic (exact) mass is 258 g/mol. The van der Waals surface area contributed by atoms with Gasteiger partial charge in [0.25, 0.3) is 0 Å². The molecule has 0 unspecified atom stereocenters. The van der Waals surface area contributed by atoms with Crippen LogP contribution in [0.3, 0.4) is 0 Å². The minimum Gasteiger partial charge on any atom is -0.507 e. The van der Waals surface area contributed by atoms with Crippen LogP contribution in [0.15, 0.2) is 47.4 Å². The third kappa shape index (κ3) is 3.14. The summed E-state index contributed by atoms with van der Waals surface area (Å²) in [4.78, 5) is 11.9. The van der Waals surface area contributed by atoms with Crippen LogP contribution in [-0.2, 0) is 5.75 Å². The number of thioether (sulfide) groups is 1. The second-order valence-electron chi connectivity index (χ2n) is 4.11. The topological polar surface area (TPSA) is 37.3 Å². The van der Waals surface area contributed by atoms with Crippen molar-refractivity contribution in [2.24, 2.45) is 0 Å². The highest BCUT2D eigenvalue weighted by atomic mass is 32.2. The van der Waals surface area contributed by atoms with Gasteiger partial charge in [-0.3, -0.25) is 4.79 Å². The molecule has 2 aromatic carbocycles. The summed E-state index contributed by atoms with van der Waals surface area (Å²) in [5, 5.41) is 9.41. The minimum atomic E-state index is 0.0362. The van der Waals surface area contributed by atoms with Gasteiger partial charge in [0.15, 0.2) is 6.29 Å². The fourth-order valence-electron chi connectivity index (χ4n) is 1.59. The number of phenols is 1. The number of aryl methyl sites for hydroxylation is 1. The summed E-state index contributed by atoms with van der Waals surface area (Å²) in [6, 6.07) is 13.5. The molecule has 0 spiro atoms. The van der Waals surface area contributed by atoms with Gasteiger partial charge in [-0.2, -0.15) is 0 Å². The van der Waals surface area contributed by atoms with E-state index in [0.717, 1.165) is 11.3 Å². The van der Waals surface area contributed by atoms with Gasteiger partial charge >= 0.3 is 0 Å². The van der Waals surface area contributed by atoms with Crippen molar-refractivity contribution in [3.05, 3.63) is 59.2 Å². The number of carbonyl (C=O) groups excluding carboxylic acids is 1. The predicted molar refractivity (Wildman–Crippen MR) is 74.2 cm³/mol. The summed E-state index contributed by atoms with van der Waals surface area (Å²) in [7, 11) is 0. The summed E-state index contributed by atoms with van der Waals surface area (Å²) in [5.41, 5.74) is 2.62. The Kier molecular flexibility index (Phi) is 4.05. The molecule has 0 aliphatic heterocycles. The maximum absolute atomic E-state index is 10.7. The molecule has 2 aromatic rings. The van der Waals surface area contributed by atoms with Gasteiger partial charge in [-0.05, 0) is 36.8 Å². The molecule has 0 aliphatic rings. The number of benzene rings is 2. The fourth-order valence-corrected chi connectivity index (χ4v) is 2.43. The SMILES string of the molecule is Cc1ccc(SCc2ccc(O)c(C=O)c2)cc1. The average Bonchev–Trinajstić information content (AvgIpc) is 2.39. The van der Waals surface area contributed by atoms with Crippen LogP contribution in [0.25, 0.3) is 0 Å². The van der Waals surface area contributed by atoms with E-state index in [0.29, 0.717) is 11.8 Å². The van der Waals surface area contributed by atoms with Crippen molar-refractivity contribution < 1.29 is 9.90 Å². The van der Waals surface area contributed by atoms with Crippen molar-refractivity contribution in [1.82, 2.24) is 0 Å². The van der Waals surface area contributed by atoms with E-state index >= 15 is 0 Å². The Morgan fingerprint density at radius 3 is 2.56 bits per heavy atom. The number of hydrogen-bond donors (Lipinski definition) is 1. The number of aromatic hydroxyl groups is 1. The molecular weight excluding hydrogens is 244 g/mol. The van der Waals surface area contributed by atoms with E-state index in [1.165, 1.54) is 10.5 Å². The second kappa shape index (κ2) is 5.74. The first-order valence-corrected chi connectivity index (χ1v) is 6.64. The van der Waals surface area contributed by atoms with Gasteiger partial charge in [0.05, 0.1) is 5.56 Å². The van der Waals surface area contributed by atoms with E-state index < -0.39 is 0 Å². The van der Waals surface area contributed by atoms with Crippen LogP contribution in [-0.4, -0.2) is 11.4 Å². The lowest BCUT2D eigenvalue weighted by atomic mass is 10.1. The van der Waals surface area contributed by atoms with Crippen LogP contribution in [0.4, 0.5) is 0 Å². The average molecular weight is 258 g/mol. The van der Waals surface area contributed by atoms with E-state index in [1.54, 1.807) is 23.9 Å². The van der Waals surface area contributed by atoms with E-state index in [1.807, 2.05) is 6.07 Å². The minimum absolute atomic E-state index is 0.0362. The molecule has 3 heteroatoms. The van der Waals surface area contributed by atoms with Crippen molar-refractivity contribution in [3.63, 3.8) is 0 Å². The molecule has 18 heavy (non-hydrogen) atoms. The predicted octanol–water partition coefficient (Wildman–Crippen LogP) is 3.81. The smallest absolute Gasteiger partial charge is 0.153 e. The van der Waals surface area contributed by atoms with Crippen molar-refractivity contribution in [3.8, 4) is 5.75 Å². The highest BCUT2D eigenvalue weighted by molar-refractivity contribution is 7.98. The fraction of sp³-hybridized carbons (Fsp3) is 0.133. The first kappa shape index (κ1) is 12.7. The Morgan fingerprint density at radius 1 is 1.17 bits per heavy atom. The number of carbonyl (C=O) groups is 1. The molecule has 0 saturated carbocycles. The molecule has 0 atom stereocenters. The molecule has 2 rings (SSSR count). The quantitative estimate of drug-likeness (QED) is 0.669. The maximum Gasteiger partial charge on any atom is 0.153 e. The molecule has 0 aliphatic carbocycles. The Hall–Kier alpha value is -1.74. The molecule has 0 bridgehead atoms. The third-order valence-corrected chi connectivity index (χ3v) is 3.73. The summed E-state index contributed by atoms with van der Waals surface area (Å²) in [6.45, 7) is 2.06. The second-order valence-corrected chi connectivity index (χ2v) is 5.16. The first-order chi connectivity index (χ1) is 8.69. The summed E-state index contributed by atoms with van der Waals surface area (Å²) < 4.78 is 0. The molecule has 0 amide bonds. The molecule has 92 valence electrons. The Bertz CT molecular complexity index is 547. The highest BCUT2D eigenvalue weighted by Crippen LogP contribution is 2.25. The van der Waals surface area contributed by atoms with E-state index in [2.05, 4.69) is 31.2 Å². The first-order valence-electron chi connectivity index (χ1n) is 5.65. The standard InChI is InChI=1S/C15H14O2S/c1-11-2-5-14(6-3-11)18-10-12-4-7-15(17)13(8-12)9-16/h2-9,17H,10H2,1H3. The van der Waals surface area contributed by atoms with Crippen LogP contribution < -0.4 is 0 Å². The van der Waals surface area contributed by atoms with Crippen LogP contribution in [0, 0.1) is 6.92 Å². The van der Waals surface area contributed by atoms with Gasteiger partial charge in [0.1, 0.15) is 5.75 Å². The van der Waals surface area contributed by atoms with Gasteiger partial charge in [-0.1, -0.05) is 23.8 Å². The van der Waals surface area contributed by atoms with Crippen molar-refractivity contribution >= 4 is 18.0 Å². The van der Waals surface area contributed by atoms with Crippen LogP contribution in [0.5, 0.6) is 5.75 Å². The zero-order chi connectivity index (χ0) is 13.0. The van der Waals surface area contributed by atoms with Gasteiger partial charge in [-0.15, -0.1) is 11.8 Å². The van der Waals surface area contributed by atoms with Crippen molar-refractivity contribution in [1.29, 1.82) is 0 Å². The van der Waals surface area contributed by atoms with Crippen LogP contribution in [0.2, 0.25) is 0 Å². The van der Waals surface area contributed by atoms with Gasteiger partial charge < -0.3 is 5.11 Å². The lowest BCUT2D eigenvalue weighted by Crippen LogP contribution is -1.86. The zero-order valence-corrected chi connectivity index (χ0v) is 10.9. The molecule has 0 aromatic heterocycles. The third-order valence-electron chi connectivity index (χ3n) is 2.65. The van der Waals surface area contributed by atoms with Gasteiger partial charge in [0.2, 0.25) is 0 Å². The summed E-state index contributed by atoms with van der Waals surface area (Å²) in [6.07, 6.45) is 0.676. The lowest BCUT2D eigenvalue weighted by molar-refractivity contribution is 0.112. The number of phenolic OH excluding ortho intramolecular Hbond substituents is 1. The van der Waals surface area contributed by atoms with Crippen molar-refractivity contribution in [2.45, 2.75) is 17.6 Å². The maximum atomic E-state index is 10.7. The summed E-state index contributed by atoms with van der Waals surface area (Å²) in [5.74, 6) is 0.818. The molecule has 0 heterocycles. The lowest BCUT2D eigenvalue weighted by Gasteiger charge is -2.04. The zero-order valence-electron chi connectivity index (χ0n) is 10.1. The Balaban J connectivity index is 2.06. The molecule has 2 nitrogen and oxygen atoms in total. The van der Waals surface area contributed by atoms with Crippen LogP contribution >= 0.6 is 11.8 Å². The van der Waals surface area contributed by atoms with E-state index in [9.17, 15) is 9.90 Å². The molecule has 0 saturated heterocycles. The van der Waals surface area contributed by atoms with E-state index in [-0.39, 0.29) is 5.75 Å². The van der Waals surface area contributed by atoms with Crippen molar-refractivity contribution in [2.75, 3.05) is 0 Å². The molecule has 0 fully saturated rings.